The number of hydrogen-bond donors (Lipinski definition) is 2. The molecule has 0 spiro atoms. The molecule has 138 valence electrons. The van der Waals surface area contributed by atoms with E-state index in [1.54, 1.807) is 0 Å². The zero-order chi connectivity index (χ0) is 19.6. The van der Waals surface area contributed by atoms with Crippen LogP contribution in [0.15, 0.2) is 41.0 Å². The molecule has 0 aliphatic rings. The highest BCUT2D eigenvalue weighted by molar-refractivity contribution is 6.38. The van der Waals surface area contributed by atoms with Gasteiger partial charge in [0.25, 0.3) is 11.8 Å². The van der Waals surface area contributed by atoms with Crippen molar-refractivity contribution >= 4 is 69.9 Å². The van der Waals surface area contributed by atoms with Crippen molar-refractivity contribution in [3.8, 4) is 0 Å². The van der Waals surface area contributed by atoms with Crippen LogP contribution in [0.4, 0.5) is 11.6 Å². The minimum atomic E-state index is -0.590. The fourth-order valence-electron chi connectivity index (χ4n) is 2.05. The molecule has 1 heterocycles. The van der Waals surface area contributed by atoms with Gasteiger partial charge in [-0.3, -0.25) is 9.59 Å². The fraction of sp³-hybridized carbons (Fsp3) is 0. The number of hydrogen-bond acceptors (Lipinski definition) is 5. The molecule has 11 heteroatoms. The van der Waals surface area contributed by atoms with Gasteiger partial charge in [-0.05, 0) is 46.7 Å². The second-order valence-electron chi connectivity index (χ2n) is 5.12. The Kier molecular flexibility index (Phi) is 5.86. The van der Waals surface area contributed by atoms with Crippen LogP contribution in [0.2, 0.25) is 20.1 Å². The van der Waals surface area contributed by atoms with Crippen molar-refractivity contribution in [3.05, 3.63) is 67.6 Å². The van der Waals surface area contributed by atoms with E-state index in [1.165, 1.54) is 36.4 Å². The molecular formula is C16H8Cl4N4O3. The molecule has 2 aromatic carbocycles. The monoisotopic (exact) mass is 444 g/mol. The second kappa shape index (κ2) is 8.14. The van der Waals surface area contributed by atoms with Gasteiger partial charge in [-0.15, -0.1) is 0 Å². The van der Waals surface area contributed by atoms with E-state index >= 15 is 0 Å². The zero-order valence-electron chi connectivity index (χ0n) is 13.1. The van der Waals surface area contributed by atoms with E-state index in [-0.39, 0.29) is 32.8 Å². The Morgan fingerprint density at radius 3 is 1.52 bits per heavy atom. The highest BCUT2D eigenvalue weighted by Gasteiger charge is 2.20. The molecule has 7 nitrogen and oxygen atoms in total. The molecular weight excluding hydrogens is 438 g/mol. The molecule has 0 atom stereocenters. The minimum absolute atomic E-state index is 0.107. The van der Waals surface area contributed by atoms with E-state index in [0.29, 0.717) is 10.0 Å². The van der Waals surface area contributed by atoms with E-state index in [1.807, 2.05) is 0 Å². The molecule has 2 N–H and O–H groups in total. The van der Waals surface area contributed by atoms with Gasteiger partial charge in [0.2, 0.25) is 11.6 Å². The van der Waals surface area contributed by atoms with E-state index in [9.17, 15) is 9.59 Å². The molecule has 0 unspecified atom stereocenters. The van der Waals surface area contributed by atoms with Crippen molar-refractivity contribution in [3.63, 3.8) is 0 Å². The highest BCUT2D eigenvalue weighted by atomic mass is 35.5. The van der Waals surface area contributed by atoms with Crippen LogP contribution < -0.4 is 10.6 Å². The van der Waals surface area contributed by atoms with Crippen LogP contribution in [0.1, 0.15) is 20.7 Å². The number of anilines is 2. The topological polar surface area (TPSA) is 97.1 Å². The molecule has 0 saturated heterocycles. The number of halogens is 4. The maximum Gasteiger partial charge on any atom is 0.258 e. The zero-order valence-corrected chi connectivity index (χ0v) is 16.1. The van der Waals surface area contributed by atoms with Crippen LogP contribution in [0.5, 0.6) is 0 Å². The molecule has 3 aromatic rings. The largest absolute Gasteiger partial charge is 0.300 e. The standard InChI is InChI=1S/C16H8Cl4N4O3/c17-7-1-3-9(11(19)5-7)15(25)21-13-14(24-27-23-13)22-16(26)10-4-2-8(18)6-12(10)20/h1-6H,(H,21,23,25)(H,22,24,26). The first-order valence-corrected chi connectivity index (χ1v) is 8.71. The number of nitrogens with one attached hydrogen (secondary N) is 2. The van der Waals surface area contributed by atoms with Crippen molar-refractivity contribution in [2.24, 2.45) is 0 Å². The van der Waals surface area contributed by atoms with Gasteiger partial charge in [0, 0.05) is 10.0 Å². The van der Waals surface area contributed by atoms with Crippen LogP contribution >= 0.6 is 46.4 Å². The molecule has 2 amide bonds. The number of nitrogens with zero attached hydrogens (tertiary/aromatic N) is 2. The maximum absolute atomic E-state index is 12.3. The van der Waals surface area contributed by atoms with Crippen molar-refractivity contribution in [2.75, 3.05) is 10.6 Å². The first kappa shape index (κ1) is 19.4. The fourth-order valence-corrected chi connectivity index (χ4v) is 3.04. The summed E-state index contributed by atoms with van der Waals surface area (Å²) in [5.41, 5.74) is 0.309. The van der Waals surface area contributed by atoms with Gasteiger partial charge in [0.15, 0.2) is 0 Å². The summed E-state index contributed by atoms with van der Waals surface area (Å²) < 4.78 is 4.58. The maximum atomic E-state index is 12.3. The Bertz CT molecular complexity index is 958. The Morgan fingerprint density at radius 1 is 0.741 bits per heavy atom. The van der Waals surface area contributed by atoms with Gasteiger partial charge in [-0.2, -0.15) is 0 Å². The quantitative estimate of drug-likeness (QED) is 0.575. The summed E-state index contributed by atoms with van der Waals surface area (Å²) in [5.74, 6) is -1.39. The number of benzene rings is 2. The third kappa shape index (κ3) is 4.51. The summed E-state index contributed by atoms with van der Waals surface area (Å²) in [6.07, 6.45) is 0. The van der Waals surface area contributed by atoms with Gasteiger partial charge < -0.3 is 10.6 Å². The molecule has 0 radical (unpaired) electrons. The number of amides is 2. The van der Waals surface area contributed by atoms with Crippen molar-refractivity contribution < 1.29 is 14.2 Å². The molecule has 3 rings (SSSR count). The van der Waals surface area contributed by atoms with E-state index < -0.39 is 11.8 Å². The molecule has 0 saturated carbocycles. The van der Waals surface area contributed by atoms with Gasteiger partial charge in [0.1, 0.15) is 0 Å². The Morgan fingerprint density at radius 2 is 1.15 bits per heavy atom. The number of aromatic nitrogens is 2. The molecule has 0 fully saturated rings. The molecule has 0 aliphatic heterocycles. The lowest BCUT2D eigenvalue weighted by Gasteiger charge is -2.07. The lowest BCUT2D eigenvalue weighted by molar-refractivity contribution is 0.101. The van der Waals surface area contributed by atoms with E-state index in [4.69, 9.17) is 46.4 Å². The molecule has 0 bridgehead atoms. The predicted octanol–water partition coefficient (Wildman–Crippen LogP) is 5.19. The normalized spacial score (nSPS) is 10.5. The van der Waals surface area contributed by atoms with Gasteiger partial charge in [-0.1, -0.05) is 46.4 Å². The van der Waals surface area contributed by atoms with Crippen LogP contribution in [-0.4, -0.2) is 22.1 Å². The van der Waals surface area contributed by atoms with Gasteiger partial charge in [-0.25, -0.2) is 4.63 Å². The first-order chi connectivity index (χ1) is 12.8. The number of rotatable bonds is 4. The van der Waals surface area contributed by atoms with Crippen molar-refractivity contribution in [1.29, 1.82) is 0 Å². The predicted molar refractivity (Wildman–Crippen MR) is 103 cm³/mol. The lowest BCUT2D eigenvalue weighted by atomic mass is 10.2. The summed E-state index contributed by atoms with van der Waals surface area (Å²) in [5, 5.41) is 13.1. The molecule has 0 aliphatic carbocycles. The smallest absolute Gasteiger partial charge is 0.258 e. The second-order valence-corrected chi connectivity index (χ2v) is 6.81. The van der Waals surface area contributed by atoms with Crippen LogP contribution in [0.3, 0.4) is 0 Å². The van der Waals surface area contributed by atoms with E-state index in [2.05, 4.69) is 25.6 Å². The van der Waals surface area contributed by atoms with Crippen LogP contribution in [0.25, 0.3) is 0 Å². The van der Waals surface area contributed by atoms with Crippen LogP contribution in [0, 0.1) is 0 Å². The van der Waals surface area contributed by atoms with Gasteiger partial charge in [0.05, 0.1) is 21.2 Å². The Labute approximate surface area is 172 Å². The third-order valence-electron chi connectivity index (χ3n) is 3.30. The average molecular weight is 446 g/mol. The molecule has 27 heavy (non-hydrogen) atoms. The summed E-state index contributed by atoms with van der Waals surface area (Å²) in [7, 11) is 0. The molecule has 1 aromatic heterocycles. The van der Waals surface area contributed by atoms with E-state index in [0.717, 1.165) is 0 Å². The highest BCUT2D eigenvalue weighted by Crippen LogP contribution is 2.25. The SMILES string of the molecule is O=C(Nc1nonc1NC(=O)c1ccc(Cl)cc1Cl)c1ccc(Cl)cc1Cl. The first-order valence-electron chi connectivity index (χ1n) is 7.20. The summed E-state index contributed by atoms with van der Waals surface area (Å²) in [4.78, 5) is 24.7. The lowest BCUT2D eigenvalue weighted by Crippen LogP contribution is -2.17. The third-order valence-corrected chi connectivity index (χ3v) is 4.40. The summed E-state index contributed by atoms with van der Waals surface area (Å²) in [6.45, 7) is 0. The number of carbonyl (C=O) groups excluding carboxylic acids is 2. The van der Waals surface area contributed by atoms with Crippen LogP contribution in [-0.2, 0) is 0 Å². The van der Waals surface area contributed by atoms with Gasteiger partial charge >= 0.3 is 0 Å². The summed E-state index contributed by atoms with van der Waals surface area (Å²) >= 11 is 23.6. The Balaban J connectivity index is 1.77. The average Bonchev–Trinajstić information content (AvgIpc) is 3.01. The number of carbonyl (C=O) groups is 2. The minimum Gasteiger partial charge on any atom is -0.300 e. The van der Waals surface area contributed by atoms with Crippen molar-refractivity contribution in [2.45, 2.75) is 0 Å². The Hall–Kier alpha value is -2.32. The van der Waals surface area contributed by atoms with Crippen molar-refractivity contribution in [1.82, 2.24) is 10.3 Å². The summed E-state index contributed by atoms with van der Waals surface area (Å²) in [6, 6.07) is 8.75.